The molecule has 1 aliphatic heterocycles. The highest BCUT2D eigenvalue weighted by Gasteiger charge is 2.35. The Kier molecular flexibility index (Phi) is 2.14. The minimum absolute atomic E-state index is 0.383. The van der Waals surface area contributed by atoms with Crippen molar-refractivity contribution in [3.8, 4) is 0 Å². The Hall–Kier alpha value is -0.0800. The van der Waals surface area contributed by atoms with Crippen LogP contribution in [0.1, 0.15) is 19.3 Å². The van der Waals surface area contributed by atoms with Crippen LogP contribution in [-0.4, -0.2) is 24.8 Å². The fourth-order valence-electron chi connectivity index (χ4n) is 2.37. The van der Waals surface area contributed by atoms with E-state index >= 15 is 0 Å². The summed E-state index contributed by atoms with van der Waals surface area (Å²) in [5, 5.41) is 12.4. The summed E-state index contributed by atoms with van der Waals surface area (Å²) >= 11 is 0. The molecule has 0 aromatic rings. The molecule has 0 spiro atoms. The molecule has 11 heavy (non-hydrogen) atoms. The molecule has 64 valence electrons. The van der Waals surface area contributed by atoms with Crippen molar-refractivity contribution in [2.75, 3.05) is 19.7 Å². The molecule has 2 heteroatoms. The third-order valence-corrected chi connectivity index (χ3v) is 3.38. The van der Waals surface area contributed by atoms with Gasteiger partial charge in [-0.2, -0.15) is 0 Å². The average Bonchev–Trinajstić information content (AvgIpc) is 2.32. The largest absolute Gasteiger partial charge is 0.396 e. The fraction of sp³-hybridized carbons (Fsp3) is 1.00. The summed E-state index contributed by atoms with van der Waals surface area (Å²) in [5.74, 6) is 2.27. The first-order valence-electron chi connectivity index (χ1n) is 4.73. The number of hydrogen-bond donors (Lipinski definition) is 2. The van der Waals surface area contributed by atoms with Gasteiger partial charge in [-0.3, -0.25) is 0 Å². The first-order chi connectivity index (χ1) is 5.42. The minimum atomic E-state index is 0.383. The Morgan fingerprint density at radius 3 is 2.64 bits per heavy atom. The SMILES string of the molecule is OCC1CNCC1C1CCC1. The second-order valence-corrected chi connectivity index (χ2v) is 3.96. The van der Waals surface area contributed by atoms with Gasteiger partial charge in [0, 0.05) is 13.2 Å². The maximum Gasteiger partial charge on any atom is 0.0474 e. The Balaban J connectivity index is 1.89. The molecule has 0 radical (unpaired) electrons. The molecule has 2 fully saturated rings. The lowest BCUT2D eigenvalue weighted by Gasteiger charge is -2.33. The van der Waals surface area contributed by atoms with Crippen LogP contribution in [0.15, 0.2) is 0 Å². The monoisotopic (exact) mass is 155 g/mol. The quantitative estimate of drug-likeness (QED) is 0.612. The molecule has 0 aromatic carbocycles. The highest BCUT2D eigenvalue weighted by atomic mass is 16.3. The van der Waals surface area contributed by atoms with E-state index in [0.717, 1.165) is 24.9 Å². The molecule has 0 bridgehead atoms. The van der Waals surface area contributed by atoms with Crippen LogP contribution in [0.4, 0.5) is 0 Å². The van der Waals surface area contributed by atoms with Gasteiger partial charge >= 0.3 is 0 Å². The molecule has 2 rings (SSSR count). The van der Waals surface area contributed by atoms with E-state index in [0.29, 0.717) is 12.5 Å². The molecule has 2 nitrogen and oxygen atoms in total. The van der Waals surface area contributed by atoms with E-state index in [1.54, 1.807) is 0 Å². The van der Waals surface area contributed by atoms with Crippen LogP contribution in [0.5, 0.6) is 0 Å². The first-order valence-corrected chi connectivity index (χ1v) is 4.73. The molecular weight excluding hydrogens is 138 g/mol. The van der Waals surface area contributed by atoms with Gasteiger partial charge in [-0.25, -0.2) is 0 Å². The normalized spacial score (nSPS) is 39.0. The third kappa shape index (κ3) is 1.30. The van der Waals surface area contributed by atoms with Crippen molar-refractivity contribution in [1.82, 2.24) is 5.32 Å². The van der Waals surface area contributed by atoms with Gasteiger partial charge in [0.1, 0.15) is 0 Å². The summed E-state index contributed by atoms with van der Waals surface area (Å²) in [4.78, 5) is 0. The Bertz CT molecular complexity index is 134. The molecule has 2 aliphatic rings. The molecular formula is C9H17NO. The number of hydrogen-bond acceptors (Lipinski definition) is 2. The van der Waals surface area contributed by atoms with E-state index in [4.69, 9.17) is 5.11 Å². The van der Waals surface area contributed by atoms with Crippen LogP contribution < -0.4 is 5.32 Å². The average molecular weight is 155 g/mol. The van der Waals surface area contributed by atoms with Gasteiger partial charge in [0.15, 0.2) is 0 Å². The molecule has 2 unspecified atom stereocenters. The first kappa shape index (κ1) is 7.56. The Labute approximate surface area is 68.0 Å². The highest BCUT2D eigenvalue weighted by Crippen LogP contribution is 2.38. The van der Waals surface area contributed by atoms with E-state index in [1.165, 1.54) is 19.3 Å². The fourth-order valence-corrected chi connectivity index (χ4v) is 2.37. The zero-order valence-electron chi connectivity index (χ0n) is 6.92. The number of rotatable bonds is 2. The van der Waals surface area contributed by atoms with Gasteiger partial charge in [-0.15, -0.1) is 0 Å². The van der Waals surface area contributed by atoms with Gasteiger partial charge in [0.25, 0.3) is 0 Å². The van der Waals surface area contributed by atoms with Gasteiger partial charge in [-0.05, 0) is 24.3 Å². The van der Waals surface area contributed by atoms with Gasteiger partial charge in [0.05, 0.1) is 0 Å². The molecule has 2 N–H and O–H groups in total. The summed E-state index contributed by atoms with van der Waals surface area (Å²) < 4.78 is 0. The van der Waals surface area contributed by atoms with Crippen molar-refractivity contribution in [2.24, 2.45) is 17.8 Å². The second-order valence-electron chi connectivity index (χ2n) is 3.96. The lowest BCUT2D eigenvalue weighted by atomic mass is 9.72. The number of aliphatic hydroxyl groups is 1. The molecule has 1 heterocycles. The van der Waals surface area contributed by atoms with E-state index in [1.807, 2.05) is 0 Å². The van der Waals surface area contributed by atoms with Crippen LogP contribution in [0, 0.1) is 17.8 Å². The lowest BCUT2D eigenvalue weighted by Crippen LogP contribution is -2.29. The maximum atomic E-state index is 9.06. The van der Waals surface area contributed by atoms with Crippen molar-refractivity contribution >= 4 is 0 Å². The van der Waals surface area contributed by atoms with Crippen molar-refractivity contribution in [2.45, 2.75) is 19.3 Å². The Morgan fingerprint density at radius 1 is 1.27 bits per heavy atom. The summed E-state index contributed by atoms with van der Waals surface area (Å²) in [6.45, 7) is 2.57. The predicted molar refractivity (Wildman–Crippen MR) is 44.3 cm³/mol. The summed E-state index contributed by atoms with van der Waals surface area (Å²) in [6.07, 6.45) is 4.23. The zero-order chi connectivity index (χ0) is 7.68. The molecule has 0 amide bonds. The van der Waals surface area contributed by atoms with Crippen molar-refractivity contribution in [3.05, 3.63) is 0 Å². The van der Waals surface area contributed by atoms with Gasteiger partial charge in [-0.1, -0.05) is 19.3 Å². The Morgan fingerprint density at radius 2 is 2.09 bits per heavy atom. The molecule has 1 saturated carbocycles. The van der Waals surface area contributed by atoms with E-state index in [9.17, 15) is 0 Å². The standard InChI is InChI=1S/C9H17NO/c11-6-8-4-10-5-9(8)7-2-1-3-7/h7-11H,1-6H2. The topological polar surface area (TPSA) is 32.3 Å². The van der Waals surface area contributed by atoms with Gasteiger partial charge in [0.2, 0.25) is 0 Å². The summed E-state index contributed by atoms with van der Waals surface area (Å²) in [6, 6.07) is 0. The van der Waals surface area contributed by atoms with E-state index < -0.39 is 0 Å². The van der Waals surface area contributed by atoms with Crippen molar-refractivity contribution < 1.29 is 5.11 Å². The number of nitrogens with one attached hydrogen (secondary N) is 1. The van der Waals surface area contributed by atoms with Crippen molar-refractivity contribution in [3.63, 3.8) is 0 Å². The maximum absolute atomic E-state index is 9.06. The number of aliphatic hydroxyl groups excluding tert-OH is 1. The van der Waals surface area contributed by atoms with Crippen molar-refractivity contribution in [1.29, 1.82) is 0 Å². The van der Waals surface area contributed by atoms with Crippen LogP contribution in [0.3, 0.4) is 0 Å². The molecule has 1 aliphatic carbocycles. The van der Waals surface area contributed by atoms with Crippen LogP contribution in [0.2, 0.25) is 0 Å². The van der Waals surface area contributed by atoms with Crippen LogP contribution >= 0.6 is 0 Å². The smallest absolute Gasteiger partial charge is 0.0474 e. The van der Waals surface area contributed by atoms with E-state index in [2.05, 4.69) is 5.32 Å². The highest BCUT2D eigenvalue weighted by molar-refractivity contribution is 4.88. The third-order valence-electron chi connectivity index (χ3n) is 3.38. The lowest BCUT2D eigenvalue weighted by molar-refractivity contribution is 0.129. The minimum Gasteiger partial charge on any atom is -0.396 e. The molecule has 0 aromatic heterocycles. The van der Waals surface area contributed by atoms with Crippen LogP contribution in [0.25, 0.3) is 0 Å². The van der Waals surface area contributed by atoms with Gasteiger partial charge < -0.3 is 10.4 Å². The van der Waals surface area contributed by atoms with Crippen LogP contribution in [-0.2, 0) is 0 Å². The summed E-state index contributed by atoms with van der Waals surface area (Å²) in [7, 11) is 0. The molecule has 2 atom stereocenters. The van der Waals surface area contributed by atoms with E-state index in [-0.39, 0.29) is 0 Å². The zero-order valence-corrected chi connectivity index (χ0v) is 6.92. The molecule has 1 saturated heterocycles. The predicted octanol–water partition coefficient (Wildman–Crippen LogP) is 0.614. The second kappa shape index (κ2) is 3.11. The summed E-state index contributed by atoms with van der Waals surface area (Å²) in [5.41, 5.74) is 0.